The Morgan fingerprint density at radius 3 is 2.28 bits per heavy atom. The molecule has 0 spiro atoms. The summed E-state index contributed by atoms with van der Waals surface area (Å²) in [5.41, 5.74) is 7.22. The summed E-state index contributed by atoms with van der Waals surface area (Å²) in [6, 6.07) is 7.54. The summed E-state index contributed by atoms with van der Waals surface area (Å²) in [4.78, 5) is 13.4. The minimum Gasteiger partial charge on any atom is -0.371 e. The van der Waals surface area contributed by atoms with E-state index in [2.05, 4.69) is 17.1 Å². The maximum atomic E-state index is 11.0. The zero-order valence-corrected chi connectivity index (χ0v) is 11.1. The minimum atomic E-state index is -0.372. The first-order valence-electron chi connectivity index (χ1n) is 6.38. The molecule has 3 N–H and O–H groups in total. The van der Waals surface area contributed by atoms with Gasteiger partial charge in [0.1, 0.15) is 0 Å². The van der Waals surface area contributed by atoms with Gasteiger partial charge in [0.25, 0.3) is 0 Å². The number of nitrogens with zero attached hydrogens (tertiary/aromatic N) is 1. The van der Waals surface area contributed by atoms with Crippen LogP contribution in [0.4, 0.5) is 5.69 Å². The van der Waals surface area contributed by atoms with Gasteiger partial charge < -0.3 is 16.0 Å². The Labute approximate surface area is 108 Å². The van der Waals surface area contributed by atoms with Crippen molar-refractivity contribution in [1.82, 2.24) is 5.32 Å². The topological polar surface area (TPSA) is 58.4 Å². The Bertz CT molecular complexity index is 419. The molecule has 1 aliphatic rings. The zero-order chi connectivity index (χ0) is 13.2. The molecule has 0 radical (unpaired) electrons. The van der Waals surface area contributed by atoms with Crippen LogP contribution in [0.2, 0.25) is 0 Å². The van der Waals surface area contributed by atoms with Crippen LogP contribution in [-0.4, -0.2) is 31.6 Å². The molecule has 4 nitrogen and oxygen atoms in total. The van der Waals surface area contributed by atoms with E-state index in [1.807, 2.05) is 19.2 Å². The predicted octanol–water partition coefficient (Wildman–Crippen LogP) is 1.36. The van der Waals surface area contributed by atoms with E-state index in [0.717, 1.165) is 31.6 Å². The van der Waals surface area contributed by atoms with Gasteiger partial charge >= 0.3 is 0 Å². The zero-order valence-electron chi connectivity index (χ0n) is 11.1. The molecule has 1 aromatic carbocycles. The summed E-state index contributed by atoms with van der Waals surface area (Å²) in [5, 5.41) is 3.39. The van der Waals surface area contributed by atoms with Gasteiger partial charge in [-0.1, -0.05) is 0 Å². The fourth-order valence-electron chi connectivity index (χ4n) is 2.34. The third-order valence-corrected chi connectivity index (χ3v) is 3.99. The second kappa shape index (κ2) is 4.98. The Balaban J connectivity index is 2.03. The van der Waals surface area contributed by atoms with Gasteiger partial charge in [0, 0.05) is 29.9 Å². The third kappa shape index (κ3) is 2.64. The molecule has 0 saturated carbocycles. The van der Waals surface area contributed by atoms with Crippen LogP contribution >= 0.6 is 0 Å². The summed E-state index contributed by atoms with van der Waals surface area (Å²) < 4.78 is 0. The lowest BCUT2D eigenvalue weighted by Gasteiger charge is -2.40. The molecule has 0 unspecified atom stereocenters. The molecule has 0 bridgehead atoms. The van der Waals surface area contributed by atoms with E-state index in [-0.39, 0.29) is 11.4 Å². The van der Waals surface area contributed by atoms with Gasteiger partial charge in [-0.05, 0) is 51.1 Å². The first-order chi connectivity index (χ1) is 8.54. The molecule has 0 aliphatic carbocycles. The minimum absolute atomic E-state index is 0.254. The van der Waals surface area contributed by atoms with Crippen molar-refractivity contribution in [3.8, 4) is 0 Å². The molecule has 1 aromatic rings. The second-order valence-corrected chi connectivity index (χ2v) is 5.21. The average Bonchev–Trinajstić information content (AvgIpc) is 2.40. The Kier molecular flexibility index (Phi) is 3.57. The summed E-state index contributed by atoms with van der Waals surface area (Å²) >= 11 is 0. The molecule has 18 heavy (non-hydrogen) atoms. The number of rotatable bonds is 3. The normalized spacial score (nSPS) is 18.7. The van der Waals surface area contributed by atoms with E-state index < -0.39 is 0 Å². The summed E-state index contributed by atoms with van der Waals surface area (Å²) in [7, 11) is 2.03. The van der Waals surface area contributed by atoms with Gasteiger partial charge in [0.2, 0.25) is 5.91 Å². The number of primary amides is 1. The number of carbonyl (C=O) groups excluding carboxylic acids is 1. The number of nitrogens with one attached hydrogen (secondary N) is 1. The molecular formula is C14H21N3O. The van der Waals surface area contributed by atoms with Crippen molar-refractivity contribution >= 4 is 11.6 Å². The van der Waals surface area contributed by atoms with Crippen LogP contribution in [-0.2, 0) is 0 Å². The Morgan fingerprint density at radius 2 is 1.83 bits per heavy atom. The summed E-state index contributed by atoms with van der Waals surface area (Å²) in [6.07, 6.45) is 2.25. The van der Waals surface area contributed by atoms with Crippen LogP contribution in [0, 0.1) is 0 Å². The maximum absolute atomic E-state index is 11.0. The lowest BCUT2D eigenvalue weighted by atomic mass is 9.89. The number of carbonyl (C=O) groups is 1. The third-order valence-electron chi connectivity index (χ3n) is 3.99. The van der Waals surface area contributed by atoms with Gasteiger partial charge in [-0.3, -0.25) is 4.79 Å². The molecule has 0 atom stereocenters. The van der Waals surface area contributed by atoms with Gasteiger partial charge in [-0.15, -0.1) is 0 Å². The predicted molar refractivity (Wildman–Crippen MR) is 73.9 cm³/mol. The molecule has 1 amide bonds. The van der Waals surface area contributed by atoms with Crippen molar-refractivity contribution in [2.45, 2.75) is 25.3 Å². The van der Waals surface area contributed by atoms with Gasteiger partial charge in [-0.2, -0.15) is 0 Å². The molecule has 1 fully saturated rings. The van der Waals surface area contributed by atoms with Crippen LogP contribution < -0.4 is 16.0 Å². The number of anilines is 1. The summed E-state index contributed by atoms with van der Waals surface area (Å²) in [5.74, 6) is -0.372. The molecule has 1 aliphatic heterocycles. The van der Waals surface area contributed by atoms with Crippen molar-refractivity contribution in [2.24, 2.45) is 5.73 Å². The molecule has 0 aromatic heterocycles. The second-order valence-electron chi connectivity index (χ2n) is 5.21. The highest BCUT2D eigenvalue weighted by Gasteiger charge is 2.28. The summed E-state index contributed by atoms with van der Waals surface area (Å²) in [6.45, 7) is 4.33. The average molecular weight is 247 g/mol. The van der Waals surface area contributed by atoms with Gasteiger partial charge in [-0.25, -0.2) is 0 Å². The lowest BCUT2D eigenvalue weighted by Crippen LogP contribution is -2.50. The lowest BCUT2D eigenvalue weighted by molar-refractivity contribution is 0.100. The van der Waals surface area contributed by atoms with Gasteiger partial charge in [0.05, 0.1) is 0 Å². The van der Waals surface area contributed by atoms with Crippen molar-refractivity contribution in [3.63, 3.8) is 0 Å². The highest BCUT2D eigenvalue weighted by Crippen LogP contribution is 2.25. The van der Waals surface area contributed by atoms with Gasteiger partial charge in [0.15, 0.2) is 0 Å². The van der Waals surface area contributed by atoms with Crippen LogP contribution in [0.15, 0.2) is 24.3 Å². The van der Waals surface area contributed by atoms with Crippen LogP contribution in [0.3, 0.4) is 0 Å². The Morgan fingerprint density at radius 1 is 1.28 bits per heavy atom. The van der Waals surface area contributed by atoms with Crippen LogP contribution in [0.5, 0.6) is 0 Å². The van der Waals surface area contributed by atoms with E-state index in [4.69, 9.17) is 5.73 Å². The highest BCUT2D eigenvalue weighted by atomic mass is 16.1. The highest BCUT2D eigenvalue weighted by molar-refractivity contribution is 5.93. The number of benzene rings is 1. The van der Waals surface area contributed by atoms with E-state index in [1.54, 1.807) is 12.1 Å². The molecule has 1 saturated heterocycles. The fourth-order valence-corrected chi connectivity index (χ4v) is 2.34. The number of hydrogen-bond donors (Lipinski definition) is 2. The number of piperidine rings is 1. The van der Waals surface area contributed by atoms with E-state index in [0.29, 0.717) is 5.56 Å². The molecule has 1 heterocycles. The van der Waals surface area contributed by atoms with Crippen LogP contribution in [0.1, 0.15) is 30.1 Å². The van der Waals surface area contributed by atoms with Crippen molar-refractivity contribution in [1.29, 1.82) is 0 Å². The number of nitrogens with two attached hydrogens (primary N) is 1. The van der Waals surface area contributed by atoms with Crippen molar-refractivity contribution < 1.29 is 4.79 Å². The van der Waals surface area contributed by atoms with Crippen LogP contribution in [0.25, 0.3) is 0 Å². The Hall–Kier alpha value is -1.55. The monoisotopic (exact) mass is 247 g/mol. The standard InChI is InChI=1S/C14H21N3O/c1-14(16-2)7-9-17(10-8-14)12-5-3-11(4-6-12)13(15)18/h3-6,16H,7-10H2,1-2H3,(H2,15,18). The van der Waals surface area contributed by atoms with E-state index in [1.165, 1.54) is 0 Å². The SMILES string of the molecule is CNC1(C)CCN(c2ccc(C(N)=O)cc2)CC1. The molecular weight excluding hydrogens is 226 g/mol. The number of amides is 1. The first-order valence-corrected chi connectivity index (χ1v) is 6.38. The largest absolute Gasteiger partial charge is 0.371 e. The molecule has 2 rings (SSSR count). The smallest absolute Gasteiger partial charge is 0.248 e. The van der Waals surface area contributed by atoms with Crippen molar-refractivity contribution in [2.75, 3.05) is 25.0 Å². The van der Waals surface area contributed by atoms with Crippen molar-refractivity contribution in [3.05, 3.63) is 29.8 Å². The number of hydrogen-bond acceptors (Lipinski definition) is 3. The quantitative estimate of drug-likeness (QED) is 0.848. The maximum Gasteiger partial charge on any atom is 0.248 e. The molecule has 4 heteroatoms. The molecule has 98 valence electrons. The van der Waals surface area contributed by atoms with E-state index in [9.17, 15) is 4.79 Å². The fraction of sp³-hybridized carbons (Fsp3) is 0.500. The van der Waals surface area contributed by atoms with E-state index >= 15 is 0 Å². The first kappa shape index (κ1) is 12.9.